The maximum Gasteiger partial charge on any atom is 0.306 e. The number of hydrogen-bond donors (Lipinski definition) is 1. The van der Waals surface area contributed by atoms with Gasteiger partial charge in [-0.2, -0.15) is 0 Å². The highest BCUT2D eigenvalue weighted by Crippen LogP contribution is 2.79. The number of aliphatic hydroxyl groups is 1. The Hall–Kier alpha value is -0.900. The summed E-state index contributed by atoms with van der Waals surface area (Å²) >= 11 is 0. The molecule has 1 N–H and O–H groups in total. The van der Waals surface area contributed by atoms with Crippen LogP contribution in [0.1, 0.15) is 71.6 Å². The predicted molar refractivity (Wildman–Crippen MR) is 106 cm³/mol. The monoisotopic (exact) mass is 398 g/mol. The highest BCUT2D eigenvalue weighted by molar-refractivity contribution is 5.81. The van der Waals surface area contributed by atoms with E-state index in [1.165, 1.54) is 6.42 Å². The van der Waals surface area contributed by atoms with E-state index in [2.05, 4.69) is 13.8 Å². The van der Waals surface area contributed by atoms with Crippen LogP contribution in [0, 0.1) is 58.2 Å². The summed E-state index contributed by atoms with van der Waals surface area (Å²) in [6.07, 6.45) is 8.37. The summed E-state index contributed by atoms with van der Waals surface area (Å²) in [6, 6.07) is 0. The normalized spacial score (nSPS) is 64.3. The summed E-state index contributed by atoms with van der Waals surface area (Å²) in [5.41, 5.74) is -0.766. The Balaban J connectivity index is 1.30. The van der Waals surface area contributed by atoms with Gasteiger partial charge in [-0.25, -0.2) is 0 Å². The van der Waals surface area contributed by atoms with Crippen LogP contribution in [-0.2, 0) is 14.3 Å². The molecule has 4 heteroatoms. The molecule has 6 saturated carbocycles. The molecule has 7 aliphatic rings. The molecule has 7 fully saturated rings. The molecule has 0 amide bonds. The molecule has 0 aromatic carbocycles. The summed E-state index contributed by atoms with van der Waals surface area (Å²) in [4.78, 5) is 24.5. The quantitative estimate of drug-likeness (QED) is 0.631. The molecule has 1 saturated heterocycles. The minimum Gasteiger partial charge on any atom is -0.461 e. The zero-order chi connectivity index (χ0) is 19.9. The van der Waals surface area contributed by atoms with Crippen LogP contribution in [0.15, 0.2) is 0 Å². The van der Waals surface area contributed by atoms with Gasteiger partial charge in [-0.05, 0) is 80.0 Å². The Kier molecular flexibility index (Phi) is 3.13. The average molecular weight is 399 g/mol. The predicted octanol–water partition coefficient (Wildman–Crippen LogP) is 3.75. The molecule has 1 heterocycles. The number of ether oxygens (including phenoxy) is 1. The van der Waals surface area contributed by atoms with Crippen molar-refractivity contribution in [3.63, 3.8) is 0 Å². The third kappa shape index (κ3) is 1.93. The van der Waals surface area contributed by atoms with Crippen LogP contribution in [0.2, 0.25) is 0 Å². The summed E-state index contributed by atoms with van der Waals surface area (Å²) in [7, 11) is 0. The zero-order valence-corrected chi connectivity index (χ0v) is 17.7. The summed E-state index contributed by atoms with van der Waals surface area (Å²) < 4.78 is 6.12. The molecule has 29 heavy (non-hydrogen) atoms. The smallest absolute Gasteiger partial charge is 0.306 e. The lowest BCUT2D eigenvalue weighted by molar-refractivity contribution is -0.237. The molecular weight excluding hydrogens is 364 g/mol. The van der Waals surface area contributed by atoms with E-state index in [4.69, 9.17) is 4.74 Å². The fourth-order valence-electron chi connectivity index (χ4n) is 10.3. The van der Waals surface area contributed by atoms with Crippen LogP contribution in [0.5, 0.6) is 0 Å². The minimum atomic E-state index is -0.765. The number of carbonyl (C=O) groups is 2. The second-order valence-electron chi connectivity index (χ2n) is 12.5. The van der Waals surface area contributed by atoms with Crippen molar-refractivity contribution in [1.29, 1.82) is 0 Å². The van der Waals surface area contributed by atoms with Crippen LogP contribution in [0.3, 0.4) is 0 Å². The fraction of sp³-hybridized carbons (Fsp3) is 0.920. The number of fused-ring (bicyclic) bond motifs is 13. The van der Waals surface area contributed by atoms with Crippen molar-refractivity contribution >= 4 is 11.8 Å². The molecule has 0 aromatic heterocycles. The van der Waals surface area contributed by atoms with Crippen LogP contribution in [0.4, 0.5) is 0 Å². The topological polar surface area (TPSA) is 63.6 Å². The van der Waals surface area contributed by atoms with Crippen LogP contribution >= 0.6 is 0 Å². The van der Waals surface area contributed by atoms with Gasteiger partial charge in [-0.15, -0.1) is 0 Å². The zero-order valence-electron chi connectivity index (χ0n) is 17.7. The van der Waals surface area contributed by atoms with E-state index in [-0.39, 0.29) is 28.7 Å². The van der Waals surface area contributed by atoms with Gasteiger partial charge in [0, 0.05) is 36.0 Å². The highest BCUT2D eigenvalue weighted by Gasteiger charge is 2.77. The van der Waals surface area contributed by atoms with E-state index in [0.29, 0.717) is 54.8 Å². The molecule has 0 aromatic rings. The van der Waals surface area contributed by atoms with Crippen LogP contribution < -0.4 is 0 Å². The number of carbonyl (C=O) groups excluding carboxylic acids is 2. The Labute approximate surface area is 173 Å². The van der Waals surface area contributed by atoms with Crippen molar-refractivity contribution in [3.8, 4) is 0 Å². The first-order valence-electron chi connectivity index (χ1n) is 12.2. The molecule has 0 spiro atoms. The van der Waals surface area contributed by atoms with Crippen molar-refractivity contribution in [3.05, 3.63) is 0 Å². The molecule has 4 nitrogen and oxygen atoms in total. The van der Waals surface area contributed by atoms with Crippen molar-refractivity contribution in [2.75, 3.05) is 0 Å². The molecule has 0 bridgehead atoms. The van der Waals surface area contributed by atoms with Gasteiger partial charge in [0.05, 0.1) is 5.60 Å². The van der Waals surface area contributed by atoms with Gasteiger partial charge in [0.25, 0.3) is 0 Å². The Bertz CT molecular complexity index is 822. The largest absolute Gasteiger partial charge is 0.461 e. The summed E-state index contributed by atoms with van der Waals surface area (Å²) in [5, 5.41) is 11.8. The molecule has 7 rings (SSSR count). The third-order valence-corrected chi connectivity index (χ3v) is 11.7. The lowest BCUT2D eigenvalue weighted by atomic mass is 9.41. The van der Waals surface area contributed by atoms with Crippen molar-refractivity contribution in [2.24, 2.45) is 58.2 Å². The first kappa shape index (κ1) is 17.7. The number of rotatable bonds is 0. The molecule has 6 unspecified atom stereocenters. The van der Waals surface area contributed by atoms with Crippen LogP contribution in [0.25, 0.3) is 0 Å². The first-order valence-corrected chi connectivity index (χ1v) is 12.2. The molecular formula is C25H34O4. The molecule has 1 aliphatic heterocycles. The van der Waals surface area contributed by atoms with E-state index in [1.54, 1.807) is 0 Å². The second kappa shape index (κ2) is 5.11. The summed E-state index contributed by atoms with van der Waals surface area (Å²) in [6.45, 7) is 4.77. The lowest BCUT2D eigenvalue weighted by Crippen LogP contribution is -2.66. The number of hydrogen-bond acceptors (Lipinski definition) is 4. The Morgan fingerprint density at radius 3 is 2.59 bits per heavy atom. The van der Waals surface area contributed by atoms with E-state index in [9.17, 15) is 14.7 Å². The van der Waals surface area contributed by atoms with E-state index >= 15 is 0 Å². The first-order chi connectivity index (χ1) is 13.8. The third-order valence-electron chi connectivity index (χ3n) is 11.7. The van der Waals surface area contributed by atoms with E-state index < -0.39 is 5.60 Å². The SMILES string of the molecule is C[C@]12CCC3C(C4C[C@H]4[C@]4(O)CC(=O)CC[C@]34C)C1C1C[C@@H]1C1CCC(=O)O[C@H]12. The standard InChI is InChI=1S/C25H34O4/c1-23-7-6-17-20(16-10-18(16)25(28)11-12(26)5-8-24(17,25)2)21(23)15-9-14(15)13-3-4-19(27)29-22(13)23/h13-18,20-22,28H,3-11H2,1-2H3/t13?,14-,15?,16?,17?,18-,20?,21?,22-,23+,24-,25-/m1/s1. The van der Waals surface area contributed by atoms with Crippen molar-refractivity contribution in [1.82, 2.24) is 0 Å². The lowest BCUT2D eigenvalue weighted by Gasteiger charge is -2.65. The second-order valence-corrected chi connectivity index (χ2v) is 12.5. The number of esters is 1. The van der Waals surface area contributed by atoms with Gasteiger partial charge in [0.15, 0.2) is 0 Å². The minimum absolute atomic E-state index is 0.0209. The maximum atomic E-state index is 12.3. The molecule has 6 aliphatic carbocycles. The molecule has 12 atom stereocenters. The van der Waals surface area contributed by atoms with Gasteiger partial charge in [0.1, 0.15) is 11.9 Å². The fourth-order valence-corrected chi connectivity index (χ4v) is 10.3. The molecule has 158 valence electrons. The van der Waals surface area contributed by atoms with Gasteiger partial charge < -0.3 is 9.84 Å². The van der Waals surface area contributed by atoms with Gasteiger partial charge in [-0.3, -0.25) is 9.59 Å². The van der Waals surface area contributed by atoms with Gasteiger partial charge in [0.2, 0.25) is 0 Å². The van der Waals surface area contributed by atoms with Crippen molar-refractivity contribution in [2.45, 2.75) is 83.3 Å². The number of Topliss-reactive ketones (excluding diaryl/α,β-unsaturated/α-hetero) is 1. The Morgan fingerprint density at radius 2 is 1.76 bits per heavy atom. The van der Waals surface area contributed by atoms with E-state index in [1.807, 2.05) is 0 Å². The maximum absolute atomic E-state index is 12.3. The number of ketones is 1. The van der Waals surface area contributed by atoms with Gasteiger partial charge >= 0.3 is 5.97 Å². The van der Waals surface area contributed by atoms with Crippen LogP contribution in [-0.4, -0.2) is 28.6 Å². The average Bonchev–Trinajstić information content (AvgIpc) is 3.57. The summed E-state index contributed by atoms with van der Waals surface area (Å²) in [5.74, 6) is 5.21. The van der Waals surface area contributed by atoms with E-state index in [0.717, 1.165) is 43.9 Å². The Morgan fingerprint density at radius 1 is 0.931 bits per heavy atom. The van der Waals surface area contributed by atoms with Crippen molar-refractivity contribution < 1.29 is 19.4 Å². The van der Waals surface area contributed by atoms with Gasteiger partial charge in [-0.1, -0.05) is 13.8 Å². The molecule has 0 radical (unpaired) electrons. The highest BCUT2D eigenvalue weighted by atomic mass is 16.5.